The lowest BCUT2D eigenvalue weighted by molar-refractivity contribution is -0.137. The van der Waals surface area contributed by atoms with Crippen molar-refractivity contribution in [3.8, 4) is 0 Å². The number of hydrogen-bond acceptors (Lipinski definition) is 2. The van der Waals surface area contributed by atoms with E-state index >= 15 is 0 Å². The van der Waals surface area contributed by atoms with Crippen LogP contribution in [0.4, 0.5) is 13.2 Å². The predicted molar refractivity (Wildman–Crippen MR) is 65.2 cm³/mol. The maximum absolute atomic E-state index is 12.6. The summed E-state index contributed by atoms with van der Waals surface area (Å²) in [5.41, 5.74) is 4.42. The van der Waals surface area contributed by atoms with Crippen molar-refractivity contribution in [1.29, 1.82) is 0 Å². The van der Waals surface area contributed by atoms with Crippen LogP contribution in [0.5, 0.6) is 0 Å². The van der Waals surface area contributed by atoms with Crippen LogP contribution in [-0.4, -0.2) is 30.9 Å². The second-order valence-corrected chi connectivity index (χ2v) is 4.56. The topological polar surface area (TPSA) is 46.3 Å². The molecule has 7 heteroatoms. The number of carbonyl (C=O) groups excluding carboxylic acids is 1. The Morgan fingerprint density at radius 3 is 2.56 bits per heavy atom. The van der Waals surface area contributed by atoms with Gasteiger partial charge in [-0.1, -0.05) is 0 Å². The van der Waals surface area contributed by atoms with Crippen molar-refractivity contribution in [2.45, 2.75) is 6.18 Å². The van der Waals surface area contributed by atoms with Gasteiger partial charge in [0.25, 0.3) is 5.91 Å². The van der Waals surface area contributed by atoms with E-state index in [0.29, 0.717) is 4.47 Å². The van der Waals surface area contributed by atoms with Crippen LogP contribution in [0.1, 0.15) is 15.9 Å². The van der Waals surface area contributed by atoms with Crippen LogP contribution in [-0.2, 0) is 6.18 Å². The molecule has 3 nitrogen and oxygen atoms in total. The molecule has 0 aromatic heterocycles. The van der Waals surface area contributed by atoms with Gasteiger partial charge in [0.1, 0.15) is 0 Å². The quantitative estimate of drug-likeness (QED) is 0.928. The first-order chi connectivity index (χ1) is 8.27. The predicted octanol–water partition coefficient (Wildman–Crippen LogP) is 2.50. The first-order valence-corrected chi connectivity index (χ1v) is 5.89. The number of benzene rings is 1. The Hall–Kier alpha value is -1.08. The molecular weight excluding hydrogens is 313 g/mol. The van der Waals surface area contributed by atoms with E-state index in [9.17, 15) is 18.0 Å². The van der Waals surface area contributed by atoms with E-state index in [2.05, 4.69) is 15.9 Å². The van der Waals surface area contributed by atoms with Crippen LogP contribution in [0.15, 0.2) is 22.7 Å². The monoisotopic (exact) mass is 324 g/mol. The van der Waals surface area contributed by atoms with E-state index < -0.39 is 17.6 Å². The largest absolute Gasteiger partial charge is 0.416 e. The van der Waals surface area contributed by atoms with Crippen LogP contribution in [0.25, 0.3) is 0 Å². The van der Waals surface area contributed by atoms with Crippen molar-refractivity contribution in [2.75, 3.05) is 20.1 Å². The Morgan fingerprint density at radius 1 is 1.44 bits per heavy atom. The molecule has 1 aromatic rings. The van der Waals surface area contributed by atoms with Crippen LogP contribution in [0.2, 0.25) is 0 Å². The van der Waals surface area contributed by atoms with Gasteiger partial charge >= 0.3 is 6.18 Å². The zero-order valence-electron chi connectivity index (χ0n) is 9.59. The van der Waals surface area contributed by atoms with Crippen molar-refractivity contribution >= 4 is 21.8 Å². The molecule has 0 atom stereocenters. The second kappa shape index (κ2) is 5.71. The fourth-order valence-corrected chi connectivity index (χ4v) is 1.78. The van der Waals surface area contributed by atoms with Crippen molar-refractivity contribution in [2.24, 2.45) is 5.73 Å². The molecule has 18 heavy (non-hydrogen) atoms. The lowest BCUT2D eigenvalue weighted by Gasteiger charge is -2.18. The molecule has 1 amide bonds. The van der Waals surface area contributed by atoms with E-state index in [1.54, 1.807) is 0 Å². The van der Waals surface area contributed by atoms with Gasteiger partial charge in [-0.05, 0) is 34.1 Å². The van der Waals surface area contributed by atoms with E-state index in [0.717, 1.165) is 12.1 Å². The molecule has 0 aliphatic heterocycles. The normalized spacial score (nSPS) is 11.4. The SMILES string of the molecule is CN(CCN)C(=O)c1cc(C(F)(F)F)ccc1Br. The van der Waals surface area contributed by atoms with Gasteiger partial charge in [0, 0.05) is 24.6 Å². The maximum atomic E-state index is 12.6. The van der Waals surface area contributed by atoms with Gasteiger partial charge in [-0.2, -0.15) is 13.2 Å². The Labute approximate surface area is 111 Å². The molecule has 1 rings (SSSR count). The van der Waals surface area contributed by atoms with Gasteiger partial charge in [-0.15, -0.1) is 0 Å². The van der Waals surface area contributed by atoms with Crippen LogP contribution < -0.4 is 5.73 Å². The summed E-state index contributed by atoms with van der Waals surface area (Å²) in [5, 5.41) is 0. The number of hydrogen-bond donors (Lipinski definition) is 1. The number of halogens is 4. The van der Waals surface area contributed by atoms with Gasteiger partial charge in [0.15, 0.2) is 0 Å². The molecule has 0 heterocycles. The van der Waals surface area contributed by atoms with Crippen LogP contribution in [0.3, 0.4) is 0 Å². The first kappa shape index (κ1) is 15.0. The van der Waals surface area contributed by atoms with Gasteiger partial charge in [0.2, 0.25) is 0 Å². The van der Waals surface area contributed by atoms with Crippen molar-refractivity contribution in [3.63, 3.8) is 0 Å². The summed E-state index contributed by atoms with van der Waals surface area (Å²) in [6.07, 6.45) is -4.47. The lowest BCUT2D eigenvalue weighted by Crippen LogP contribution is -2.32. The van der Waals surface area contributed by atoms with Crippen LogP contribution >= 0.6 is 15.9 Å². The summed E-state index contributed by atoms with van der Waals surface area (Å²) in [6.45, 7) is 0.528. The Kier molecular flexibility index (Phi) is 4.75. The number of likely N-dealkylation sites (N-methyl/N-ethyl adjacent to an activating group) is 1. The molecular formula is C11H12BrF3N2O. The third-order valence-corrected chi connectivity index (χ3v) is 3.03. The lowest BCUT2D eigenvalue weighted by atomic mass is 10.1. The van der Waals surface area contributed by atoms with Crippen molar-refractivity contribution in [3.05, 3.63) is 33.8 Å². The summed E-state index contributed by atoms with van der Waals surface area (Å²) in [5.74, 6) is -0.501. The fraction of sp³-hybridized carbons (Fsp3) is 0.364. The van der Waals surface area contributed by atoms with E-state index in [-0.39, 0.29) is 18.7 Å². The molecule has 0 radical (unpaired) electrons. The summed E-state index contributed by atoms with van der Waals surface area (Å²) in [7, 11) is 1.49. The molecule has 100 valence electrons. The van der Waals surface area contributed by atoms with Gasteiger partial charge < -0.3 is 10.6 Å². The summed E-state index contributed by atoms with van der Waals surface area (Å²) >= 11 is 3.07. The molecule has 0 aliphatic carbocycles. The first-order valence-electron chi connectivity index (χ1n) is 5.09. The Bertz CT molecular complexity index is 448. The number of nitrogens with two attached hydrogens (primary N) is 1. The van der Waals surface area contributed by atoms with E-state index in [1.807, 2.05) is 0 Å². The minimum Gasteiger partial charge on any atom is -0.340 e. The third-order valence-electron chi connectivity index (χ3n) is 2.34. The summed E-state index contributed by atoms with van der Waals surface area (Å²) < 4.78 is 38.0. The second-order valence-electron chi connectivity index (χ2n) is 3.71. The Balaban J connectivity index is 3.12. The van der Waals surface area contributed by atoms with Gasteiger partial charge in [-0.25, -0.2) is 0 Å². The minimum absolute atomic E-state index is 0.0271. The van der Waals surface area contributed by atoms with Gasteiger partial charge in [0.05, 0.1) is 11.1 Å². The maximum Gasteiger partial charge on any atom is 0.416 e. The number of carbonyl (C=O) groups is 1. The molecule has 0 unspecified atom stereocenters. The average Bonchev–Trinajstić information content (AvgIpc) is 2.27. The Morgan fingerprint density at radius 2 is 2.06 bits per heavy atom. The summed E-state index contributed by atoms with van der Waals surface area (Å²) in [6, 6.07) is 2.97. The van der Waals surface area contributed by atoms with Crippen molar-refractivity contribution < 1.29 is 18.0 Å². The minimum atomic E-state index is -4.47. The smallest absolute Gasteiger partial charge is 0.340 e. The highest BCUT2D eigenvalue weighted by atomic mass is 79.9. The van der Waals surface area contributed by atoms with Crippen LogP contribution in [0, 0.1) is 0 Å². The number of amides is 1. The summed E-state index contributed by atoms with van der Waals surface area (Å²) in [4.78, 5) is 13.2. The van der Waals surface area contributed by atoms with Gasteiger partial charge in [-0.3, -0.25) is 4.79 Å². The molecule has 2 N–H and O–H groups in total. The molecule has 0 aliphatic rings. The van der Waals surface area contributed by atoms with E-state index in [4.69, 9.17) is 5.73 Å². The zero-order chi connectivity index (χ0) is 13.9. The number of rotatable bonds is 3. The average molecular weight is 325 g/mol. The highest BCUT2D eigenvalue weighted by Crippen LogP contribution is 2.32. The molecule has 1 aromatic carbocycles. The fourth-order valence-electron chi connectivity index (χ4n) is 1.37. The third kappa shape index (κ3) is 3.46. The number of alkyl halides is 3. The standard InChI is InChI=1S/C11H12BrF3N2O/c1-17(5-4-16)10(18)8-6-7(11(13,14)15)2-3-9(8)12/h2-3,6H,4-5,16H2,1H3. The highest BCUT2D eigenvalue weighted by molar-refractivity contribution is 9.10. The zero-order valence-corrected chi connectivity index (χ0v) is 11.2. The molecule has 0 spiro atoms. The molecule has 0 saturated carbocycles. The van der Waals surface area contributed by atoms with E-state index in [1.165, 1.54) is 18.0 Å². The molecule has 0 bridgehead atoms. The number of nitrogens with zero attached hydrogens (tertiary/aromatic N) is 1. The highest BCUT2D eigenvalue weighted by Gasteiger charge is 2.31. The molecule has 0 fully saturated rings. The molecule has 0 saturated heterocycles. The van der Waals surface area contributed by atoms with Crippen molar-refractivity contribution in [1.82, 2.24) is 4.90 Å².